The van der Waals surface area contributed by atoms with Gasteiger partial charge in [0, 0.05) is 38.0 Å². The molecule has 0 saturated heterocycles. The maximum absolute atomic E-state index is 12.3. The van der Waals surface area contributed by atoms with Crippen molar-refractivity contribution in [1.82, 2.24) is 10.3 Å². The predicted molar refractivity (Wildman–Crippen MR) is 116 cm³/mol. The normalized spacial score (nSPS) is 10.4. The molecule has 1 heterocycles. The van der Waals surface area contributed by atoms with E-state index in [2.05, 4.69) is 10.3 Å². The molecule has 2 aromatic carbocycles. The second-order valence-electron chi connectivity index (χ2n) is 6.59. The molecule has 3 rings (SSSR count). The van der Waals surface area contributed by atoms with Gasteiger partial charge in [-0.15, -0.1) is 0 Å². The summed E-state index contributed by atoms with van der Waals surface area (Å²) < 4.78 is 0. The molecule has 148 valence electrons. The Morgan fingerprint density at radius 3 is 2.41 bits per heavy atom. The number of nitrogens with one attached hydrogen (secondary N) is 1. The average Bonchev–Trinajstić information content (AvgIpc) is 2.77. The van der Waals surface area contributed by atoms with E-state index in [4.69, 9.17) is 11.6 Å². The summed E-state index contributed by atoms with van der Waals surface area (Å²) in [6.45, 7) is 2.24. The number of pyridine rings is 1. The number of amides is 2. The minimum Gasteiger partial charge on any atom is -0.348 e. The molecule has 29 heavy (non-hydrogen) atoms. The number of carbonyl (C=O) groups is 2. The van der Waals surface area contributed by atoms with Crippen LogP contribution in [0.1, 0.15) is 29.3 Å². The van der Waals surface area contributed by atoms with Crippen molar-refractivity contribution in [3.05, 3.63) is 83.1 Å². The van der Waals surface area contributed by atoms with Crippen LogP contribution in [0.15, 0.2) is 67.0 Å². The fourth-order valence-electron chi connectivity index (χ4n) is 2.93. The van der Waals surface area contributed by atoms with Crippen molar-refractivity contribution in [3.8, 4) is 11.1 Å². The molecule has 0 saturated carbocycles. The van der Waals surface area contributed by atoms with E-state index >= 15 is 0 Å². The molecule has 1 aromatic heterocycles. The van der Waals surface area contributed by atoms with E-state index in [0.717, 1.165) is 16.7 Å². The van der Waals surface area contributed by atoms with Crippen LogP contribution in [-0.2, 0) is 11.3 Å². The highest BCUT2D eigenvalue weighted by Crippen LogP contribution is 2.31. The van der Waals surface area contributed by atoms with Crippen LogP contribution in [0.4, 0.5) is 5.69 Å². The fraction of sp³-hybridized carbons (Fsp3) is 0.174. The van der Waals surface area contributed by atoms with Crippen LogP contribution in [0.3, 0.4) is 0 Å². The van der Waals surface area contributed by atoms with E-state index in [1.54, 1.807) is 36.5 Å². The number of rotatable bonds is 6. The van der Waals surface area contributed by atoms with Crippen LogP contribution in [-0.4, -0.2) is 23.8 Å². The number of anilines is 1. The largest absolute Gasteiger partial charge is 0.348 e. The molecule has 0 radical (unpaired) electrons. The first kappa shape index (κ1) is 20.6. The molecular formula is C23H22ClN3O2. The quantitative estimate of drug-likeness (QED) is 0.643. The first-order valence-electron chi connectivity index (χ1n) is 9.33. The number of benzene rings is 2. The average molecular weight is 408 g/mol. The van der Waals surface area contributed by atoms with Gasteiger partial charge in [0.2, 0.25) is 5.91 Å². The minimum atomic E-state index is -0.145. The maximum atomic E-state index is 12.3. The molecular weight excluding hydrogens is 386 g/mol. The Morgan fingerprint density at radius 2 is 1.79 bits per heavy atom. The Balaban J connectivity index is 1.70. The van der Waals surface area contributed by atoms with Crippen molar-refractivity contribution < 1.29 is 9.59 Å². The van der Waals surface area contributed by atoms with Gasteiger partial charge in [-0.2, -0.15) is 0 Å². The molecule has 3 aromatic rings. The van der Waals surface area contributed by atoms with E-state index in [1.165, 1.54) is 0 Å². The van der Waals surface area contributed by atoms with Gasteiger partial charge < -0.3 is 10.2 Å². The van der Waals surface area contributed by atoms with E-state index in [1.807, 2.05) is 49.4 Å². The van der Waals surface area contributed by atoms with Crippen molar-refractivity contribution in [2.75, 3.05) is 11.9 Å². The Morgan fingerprint density at radius 1 is 1.07 bits per heavy atom. The molecule has 5 nitrogen and oxygen atoms in total. The van der Waals surface area contributed by atoms with E-state index in [9.17, 15) is 9.59 Å². The van der Waals surface area contributed by atoms with Gasteiger partial charge >= 0.3 is 0 Å². The molecule has 0 spiro atoms. The topological polar surface area (TPSA) is 62.3 Å². The van der Waals surface area contributed by atoms with Crippen molar-refractivity contribution >= 4 is 29.1 Å². The van der Waals surface area contributed by atoms with Gasteiger partial charge in [0.1, 0.15) is 0 Å². The number of hydrogen-bond acceptors (Lipinski definition) is 3. The maximum Gasteiger partial charge on any atom is 0.251 e. The lowest BCUT2D eigenvalue weighted by molar-refractivity contribution is -0.118. The lowest BCUT2D eigenvalue weighted by atomic mass is 10.0. The highest BCUT2D eigenvalue weighted by atomic mass is 35.5. The lowest BCUT2D eigenvalue weighted by Crippen LogP contribution is -2.25. The first-order chi connectivity index (χ1) is 14.0. The standard InChI is InChI=1S/C23H22ClN3O2/c1-3-22(28)27(2)21-11-10-19(13-20(21)24)17-6-8-18(9-7-17)23(29)26-15-16-5-4-12-25-14-16/h4-14H,3,15H2,1-2H3,(H,26,29). The third kappa shape index (κ3) is 5.00. The Hall–Kier alpha value is -3.18. The molecule has 0 bridgehead atoms. The predicted octanol–water partition coefficient (Wildman–Crippen LogP) is 4.70. The first-order valence-corrected chi connectivity index (χ1v) is 9.71. The van der Waals surface area contributed by atoms with Crippen LogP contribution in [0, 0.1) is 0 Å². The molecule has 0 fully saturated rings. The SMILES string of the molecule is CCC(=O)N(C)c1ccc(-c2ccc(C(=O)NCc3cccnc3)cc2)cc1Cl. The monoisotopic (exact) mass is 407 g/mol. The summed E-state index contributed by atoms with van der Waals surface area (Å²) in [5.41, 5.74) is 4.05. The summed E-state index contributed by atoms with van der Waals surface area (Å²) in [4.78, 5) is 29.8. The second kappa shape index (κ2) is 9.34. The third-order valence-electron chi connectivity index (χ3n) is 4.64. The smallest absolute Gasteiger partial charge is 0.251 e. The summed E-state index contributed by atoms with van der Waals surface area (Å²) in [6, 6.07) is 16.6. The molecule has 2 amide bonds. The van der Waals surface area contributed by atoms with Crippen molar-refractivity contribution in [2.45, 2.75) is 19.9 Å². The van der Waals surface area contributed by atoms with Crippen LogP contribution >= 0.6 is 11.6 Å². The van der Waals surface area contributed by atoms with Crippen LogP contribution < -0.4 is 10.2 Å². The summed E-state index contributed by atoms with van der Waals surface area (Å²) >= 11 is 6.39. The second-order valence-corrected chi connectivity index (χ2v) is 7.00. The van der Waals surface area contributed by atoms with Gasteiger partial charge in [-0.05, 0) is 47.0 Å². The van der Waals surface area contributed by atoms with Crippen molar-refractivity contribution in [2.24, 2.45) is 0 Å². The Kier molecular flexibility index (Phi) is 6.62. The molecule has 0 atom stereocenters. The number of nitrogens with zero attached hydrogens (tertiary/aromatic N) is 2. The zero-order valence-corrected chi connectivity index (χ0v) is 17.1. The molecule has 6 heteroatoms. The summed E-state index contributed by atoms with van der Waals surface area (Å²) in [5, 5.41) is 3.39. The van der Waals surface area contributed by atoms with Crippen LogP contribution in [0.2, 0.25) is 5.02 Å². The summed E-state index contributed by atoms with van der Waals surface area (Å²) in [7, 11) is 1.71. The van der Waals surface area contributed by atoms with E-state index in [-0.39, 0.29) is 11.8 Å². The highest BCUT2D eigenvalue weighted by molar-refractivity contribution is 6.34. The van der Waals surface area contributed by atoms with Crippen molar-refractivity contribution in [3.63, 3.8) is 0 Å². The van der Waals surface area contributed by atoms with Gasteiger partial charge in [-0.25, -0.2) is 0 Å². The van der Waals surface area contributed by atoms with Gasteiger partial charge in [0.25, 0.3) is 5.91 Å². The molecule has 1 N–H and O–H groups in total. The van der Waals surface area contributed by atoms with Crippen LogP contribution in [0.5, 0.6) is 0 Å². The molecule has 0 aliphatic heterocycles. The number of carbonyl (C=O) groups excluding carboxylic acids is 2. The fourth-order valence-corrected chi connectivity index (χ4v) is 3.24. The van der Waals surface area contributed by atoms with Crippen LogP contribution in [0.25, 0.3) is 11.1 Å². The lowest BCUT2D eigenvalue weighted by Gasteiger charge is -2.18. The zero-order chi connectivity index (χ0) is 20.8. The zero-order valence-electron chi connectivity index (χ0n) is 16.4. The van der Waals surface area contributed by atoms with E-state index in [0.29, 0.717) is 29.2 Å². The Labute approximate surface area is 175 Å². The van der Waals surface area contributed by atoms with Gasteiger partial charge in [0.15, 0.2) is 0 Å². The summed E-state index contributed by atoms with van der Waals surface area (Å²) in [6.07, 6.45) is 3.84. The van der Waals surface area contributed by atoms with Gasteiger partial charge in [-0.3, -0.25) is 14.6 Å². The molecule has 0 aliphatic carbocycles. The van der Waals surface area contributed by atoms with Gasteiger partial charge in [0.05, 0.1) is 10.7 Å². The number of aromatic nitrogens is 1. The summed E-state index contributed by atoms with van der Waals surface area (Å²) in [5.74, 6) is -0.144. The number of hydrogen-bond donors (Lipinski definition) is 1. The van der Waals surface area contributed by atoms with Crippen molar-refractivity contribution in [1.29, 1.82) is 0 Å². The van der Waals surface area contributed by atoms with Gasteiger partial charge in [-0.1, -0.05) is 42.8 Å². The molecule has 0 unspecified atom stereocenters. The molecule has 0 aliphatic rings. The number of halogens is 1. The highest BCUT2D eigenvalue weighted by Gasteiger charge is 2.13. The minimum absolute atomic E-state index is 0.00120. The van der Waals surface area contributed by atoms with E-state index < -0.39 is 0 Å². The Bertz CT molecular complexity index is 1000. The third-order valence-corrected chi connectivity index (χ3v) is 4.94.